The van der Waals surface area contributed by atoms with Crippen LogP contribution in [0.4, 0.5) is 0 Å². The van der Waals surface area contributed by atoms with Gasteiger partial charge in [0.2, 0.25) is 0 Å². The van der Waals surface area contributed by atoms with E-state index in [9.17, 15) is 4.79 Å². The molecule has 1 aromatic carbocycles. The summed E-state index contributed by atoms with van der Waals surface area (Å²) in [4.78, 5) is 15.5. The zero-order chi connectivity index (χ0) is 14.3. The molecule has 2 saturated heterocycles. The van der Waals surface area contributed by atoms with Gasteiger partial charge in [-0.2, -0.15) is 0 Å². The number of carbonyl (C=O) groups excluding carboxylic acids is 1. The van der Waals surface area contributed by atoms with Gasteiger partial charge in [-0.05, 0) is 57.7 Å². The van der Waals surface area contributed by atoms with E-state index < -0.39 is 0 Å². The molecule has 2 bridgehead atoms. The summed E-state index contributed by atoms with van der Waals surface area (Å²) in [6.07, 6.45) is 5.98. The SMILES string of the molecule is Cc1cccc(C)c1C(=O)C1CC2CCCC(C1)N2C. The number of aryl methyl sites for hydroxylation is 2. The Morgan fingerprint density at radius 2 is 1.65 bits per heavy atom. The molecule has 2 unspecified atom stereocenters. The minimum absolute atomic E-state index is 0.237. The molecule has 0 aliphatic carbocycles. The highest BCUT2D eigenvalue weighted by Gasteiger charge is 2.39. The highest BCUT2D eigenvalue weighted by Crippen LogP contribution is 2.37. The number of piperidine rings is 2. The highest BCUT2D eigenvalue weighted by molar-refractivity contribution is 6.00. The van der Waals surface area contributed by atoms with Gasteiger partial charge in [0.05, 0.1) is 0 Å². The van der Waals surface area contributed by atoms with Crippen LogP contribution in [0.3, 0.4) is 0 Å². The van der Waals surface area contributed by atoms with Crippen molar-refractivity contribution < 1.29 is 4.79 Å². The van der Waals surface area contributed by atoms with Crippen molar-refractivity contribution in [1.82, 2.24) is 4.90 Å². The van der Waals surface area contributed by atoms with Crippen molar-refractivity contribution in [2.24, 2.45) is 5.92 Å². The van der Waals surface area contributed by atoms with Crippen LogP contribution in [-0.2, 0) is 0 Å². The van der Waals surface area contributed by atoms with Crippen LogP contribution in [0.15, 0.2) is 18.2 Å². The van der Waals surface area contributed by atoms with Gasteiger partial charge in [-0.15, -0.1) is 0 Å². The maximum Gasteiger partial charge on any atom is 0.166 e. The van der Waals surface area contributed by atoms with Crippen molar-refractivity contribution in [3.63, 3.8) is 0 Å². The fourth-order valence-electron chi connectivity index (χ4n) is 4.24. The molecule has 0 N–H and O–H groups in total. The second kappa shape index (κ2) is 5.33. The predicted octanol–water partition coefficient (Wildman–Crippen LogP) is 3.75. The largest absolute Gasteiger partial charge is 0.300 e. The molecule has 1 aromatic rings. The summed E-state index contributed by atoms with van der Waals surface area (Å²) in [6.45, 7) is 4.13. The smallest absolute Gasteiger partial charge is 0.166 e. The maximum atomic E-state index is 13.0. The van der Waals surface area contributed by atoms with Crippen LogP contribution in [0.2, 0.25) is 0 Å². The standard InChI is InChI=1S/C18H25NO/c1-12-6-4-7-13(2)17(12)18(20)14-10-15-8-5-9-16(11-14)19(15)3/h4,6-7,14-16H,5,8-11H2,1-3H3. The third kappa shape index (κ3) is 2.31. The van der Waals surface area contributed by atoms with Gasteiger partial charge in [-0.3, -0.25) is 4.79 Å². The first-order valence-electron chi connectivity index (χ1n) is 7.90. The Morgan fingerprint density at radius 3 is 2.20 bits per heavy atom. The summed E-state index contributed by atoms with van der Waals surface area (Å²) in [5.41, 5.74) is 3.26. The quantitative estimate of drug-likeness (QED) is 0.764. The van der Waals surface area contributed by atoms with Crippen molar-refractivity contribution in [1.29, 1.82) is 0 Å². The fourth-order valence-corrected chi connectivity index (χ4v) is 4.24. The molecule has 2 heterocycles. The number of hydrogen-bond donors (Lipinski definition) is 0. The van der Waals surface area contributed by atoms with Gasteiger partial charge in [0, 0.05) is 23.6 Å². The summed E-state index contributed by atoms with van der Waals surface area (Å²) in [5, 5.41) is 0. The maximum absolute atomic E-state index is 13.0. The van der Waals surface area contributed by atoms with E-state index in [0.717, 1.165) is 29.5 Å². The Morgan fingerprint density at radius 1 is 1.10 bits per heavy atom. The van der Waals surface area contributed by atoms with Crippen LogP contribution >= 0.6 is 0 Å². The molecule has 108 valence electrons. The van der Waals surface area contributed by atoms with Crippen LogP contribution in [0, 0.1) is 19.8 Å². The van der Waals surface area contributed by atoms with Crippen LogP contribution in [0.1, 0.15) is 53.6 Å². The second-order valence-corrected chi connectivity index (χ2v) is 6.70. The minimum Gasteiger partial charge on any atom is -0.300 e. The molecular weight excluding hydrogens is 246 g/mol. The van der Waals surface area contributed by atoms with Gasteiger partial charge in [0.25, 0.3) is 0 Å². The highest BCUT2D eigenvalue weighted by atomic mass is 16.1. The number of benzene rings is 1. The van der Waals surface area contributed by atoms with Crippen molar-refractivity contribution in [3.05, 3.63) is 34.9 Å². The third-order valence-electron chi connectivity index (χ3n) is 5.44. The number of rotatable bonds is 2. The molecule has 0 spiro atoms. The molecule has 2 fully saturated rings. The van der Waals surface area contributed by atoms with Gasteiger partial charge in [0.15, 0.2) is 5.78 Å². The monoisotopic (exact) mass is 271 g/mol. The first-order valence-corrected chi connectivity index (χ1v) is 7.90. The van der Waals surface area contributed by atoms with Gasteiger partial charge >= 0.3 is 0 Å². The Balaban J connectivity index is 1.85. The molecule has 0 amide bonds. The summed E-state index contributed by atoms with van der Waals surface area (Å²) < 4.78 is 0. The van der Waals surface area contributed by atoms with Gasteiger partial charge in [0.1, 0.15) is 0 Å². The van der Waals surface area contributed by atoms with Crippen molar-refractivity contribution >= 4 is 5.78 Å². The lowest BCUT2D eigenvalue weighted by Gasteiger charge is -2.46. The number of ketones is 1. The summed E-state index contributed by atoms with van der Waals surface area (Å²) in [7, 11) is 2.24. The fraction of sp³-hybridized carbons (Fsp3) is 0.611. The minimum atomic E-state index is 0.237. The molecule has 3 rings (SSSR count). The van der Waals surface area contributed by atoms with Crippen molar-refractivity contribution in [2.45, 2.75) is 58.0 Å². The van der Waals surface area contributed by atoms with E-state index >= 15 is 0 Å². The lowest BCUT2D eigenvalue weighted by molar-refractivity contribution is 0.0338. The van der Waals surface area contributed by atoms with E-state index in [1.54, 1.807) is 0 Å². The van der Waals surface area contributed by atoms with Crippen molar-refractivity contribution in [2.75, 3.05) is 7.05 Å². The molecule has 2 atom stereocenters. The second-order valence-electron chi connectivity index (χ2n) is 6.70. The molecular formula is C18H25NO. The van der Waals surface area contributed by atoms with Gasteiger partial charge in [-0.25, -0.2) is 0 Å². The predicted molar refractivity (Wildman–Crippen MR) is 82.2 cm³/mol. The molecule has 0 aromatic heterocycles. The summed E-state index contributed by atoms with van der Waals surface area (Å²) in [5.74, 6) is 0.631. The number of nitrogens with zero attached hydrogens (tertiary/aromatic N) is 1. The average Bonchev–Trinajstić information content (AvgIpc) is 2.37. The van der Waals surface area contributed by atoms with Crippen LogP contribution in [0.5, 0.6) is 0 Å². The number of Topliss-reactive ketones (excluding diaryl/α,β-unsaturated/α-hetero) is 1. The summed E-state index contributed by atoms with van der Waals surface area (Å²) >= 11 is 0. The molecule has 2 heteroatoms. The lowest BCUT2D eigenvalue weighted by atomic mass is 9.75. The van der Waals surface area contributed by atoms with E-state index in [-0.39, 0.29) is 5.92 Å². The molecule has 2 aliphatic heterocycles. The van der Waals surface area contributed by atoms with E-state index in [1.807, 2.05) is 6.07 Å². The molecule has 2 nitrogen and oxygen atoms in total. The Hall–Kier alpha value is -1.15. The van der Waals surface area contributed by atoms with Gasteiger partial charge in [-0.1, -0.05) is 24.6 Å². The van der Waals surface area contributed by atoms with Crippen LogP contribution in [-0.4, -0.2) is 29.8 Å². The number of hydrogen-bond acceptors (Lipinski definition) is 2. The Labute approximate surface area is 122 Å². The first kappa shape index (κ1) is 13.8. The molecule has 2 aliphatic rings. The van der Waals surface area contributed by atoms with Crippen LogP contribution in [0.25, 0.3) is 0 Å². The molecule has 0 radical (unpaired) electrons. The number of carbonyl (C=O) groups is 1. The average molecular weight is 271 g/mol. The van der Waals surface area contributed by atoms with Crippen LogP contribution < -0.4 is 0 Å². The first-order chi connectivity index (χ1) is 9.58. The molecule has 20 heavy (non-hydrogen) atoms. The van der Waals surface area contributed by atoms with Gasteiger partial charge < -0.3 is 4.90 Å². The molecule has 0 saturated carbocycles. The van der Waals surface area contributed by atoms with Crippen molar-refractivity contribution in [3.8, 4) is 0 Å². The van der Waals surface area contributed by atoms with E-state index in [4.69, 9.17) is 0 Å². The lowest BCUT2D eigenvalue weighted by Crippen LogP contribution is -2.51. The normalized spacial score (nSPS) is 30.2. The topological polar surface area (TPSA) is 20.3 Å². The zero-order valence-corrected chi connectivity index (χ0v) is 12.9. The van der Waals surface area contributed by atoms with E-state index in [0.29, 0.717) is 17.9 Å². The Kier molecular flexibility index (Phi) is 3.68. The number of fused-ring (bicyclic) bond motifs is 2. The van der Waals surface area contributed by atoms with E-state index in [1.165, 1.54) is 19.3 Å². The third-order valence-corrected chi connectivity index (χ3v) is 5.44. The van der Waals surface area contributed by atoms with E-state index in [2.05, 4.69) is 37.9 Å². The zero-order valence-electron chi connectivity index (χ0n) is 12.9. The Bertz CT molecular complexity index is 488. The summed E-state index contributed by atoms with van der Waals surface area (Å²) in [6, 6.07) is 7.43.